The maximum absolute atomic E-state index is 9.43. The van der Waals surface area contributed by atoms with Gasteiger partial charge in [-0.25, -0.2) is 0 Å². The SMILES string of the molecule is Cc1nnc(N2CC[C@H](Nc3ccccc3)C2)c(C#N)c1C. The van der Waals surface area contributed by atoms with Crippen LogP contribution in [0.1, 0.15) is 23.2 Å². The number of anilines is 2. The van der Waals surface area contributed by atoms with E-state index in [0.717, 1.165) is 36.5 Å². The second-order valence-electron chi connectivity index (χ2n) is 5.66. The summed E-state index contributed by atoms with van der Waals surface area (Å²) in [4.78, 5) is 2.15. The topological polar surface area (TPSA) is 64.8 Å². The Hall–Kier alpha value is -2.61. The molecule has 1 saturated heterocycles. The van der Waals surface area contributed by atoms with E-state index in [2.05, 4.69) is 38.6 Å². The smallest absolute Gasteiger partial charge is 0.169 e. The van der Waals surface area contributed by atoms with Crippen LogP contribution in [0, 0.1) is 25.2 Å². The summed E-state index contributed by atoms with van der Waals surface area (Å²) in [6, 6.07) is 12.8. The molecular weight excluding hydrogens is 274 g/mol. The molecule has 1 N–H and O–H groups in total. The normalized spacial score (nSPS) is 17.3. The minimum Gasteiger partial charge on any atom is -0.380 e. The average Bonchev–Trinajstić information content (AvgIpc) is 2.99. The van der Waals surface area contributed by atoms with Gasteiger partial charge in [-0.3, -0.25) is 0 Å². The number of para-hydroxylation sites is 1. The van der Waals surface area contributed by atoms with Crippen LogP contribution in [0.25, 0.3) is 0 Å². The molecule has 3 rings (SSSR count). The van der Waals surface area contributed by atoms with Crippen molar-refractivity contribution in [1.82, 2.24) is 10.2 Å². The van der Waals surface area contributed by atoms with Gasteiger partial charge in [0.25, 0.3) is 0 Å². The molecule has 1 aliphatic heterocycles. The van der Waals surface area contributed by atoms with Crippen molar-refractivity contribution in [2.24, 2.45) is 0 Å². The Bertz CT molecular complexity index is 705. The van der Waals surface area contributed by atoms with E-state index in [1.54, 1.807) is 0 Å². The van der Waals surface area contributed by atoms with E-state index in [-0.39, 0.29) is 0 Å². The lowest BCUT2D eigenvalue weighted by Crippen LogP contribution is -2.27. The zero-order chi connectivity index (χ0) is 15.5. The number of nitrogens with one attached hydrogen (secondary N) is 1. The average molecular weight is 293 g/mol. The molecule has 1 fully saturated rings. The maximum atomic E-state index is 9.43. The minimum atomic E-state index is 0.359. The van der Waals surface area contributed by atoms with Crippen LogP contribution in [0.4, 0.5) is 11.5 Å². The second kappa shape index (κ2) is 6.02. The highest BCUT2D eigenvalue weighted by Gasteiger charge is 2.26. The lowest BCUT2D eigenvalue weighted by Gasteiger charge is -2.20. The fourth-order valence-corrected chi connectivity index (χ4v) is 2.79. The Kier molecular flexibility index (Phi) is 3.92. The molecule has 0 saturated carbocycles. The Morgan fingerprint density at radius 1 is 1.23 bits per heavy atom. The van der Waals surface area contributed by atoms with E-state index in [0.29, 0.717) is 17.4 Å². The largest absolute Gasteiger partial charge is 0.380 e. The molecule has 0 spiro atoms. The summed E-state index contributed by atoms with van der Waals surface area (Å²) in [6.07, 6.45) is 1.02. The van der Waals surface area contributed by atoms with Gasteiger partial charge in [-0.15, -0.1) is 5.10 Å². The van der Waals surface area contributed by atoms with E-state index < -0.39 is 0 Å². The zero-order valence-electron chi connectivity index (χ0n) is 12.9. The predicted molar refractivity (Wildman–Crippen MR) is 86.9 cm³/mol. The van der Waals surface area contributed by atoms with Crippen LogP contribution in [0.5, 0.6) is 0 Å². The van der Waals surface area contributed by atoms with Crippen LogP contribution in [-0.2, 0) is 0 Å². The van der Waals surface area contributed by atoms with Crippen molar-refractivity contribution in [3.63, 3.8) is 0 Å². The molecule has 1 aromatic heterocycles. The van der Waals surface area contributed by atoms with Gasteiger partial charge in [-0.05, 0) is 38.0 Å². The van der Waals surface area contributed by atoms with Crippen LogP contribution in [0.15, 0.2) is 30.3 Å². The summed E-state index contributed by atoms with van der Waals surface area (Å²) in [5.41, 5.74) is 3.51. The molecule has 1 atom stereocenters. The third-order valence-electron chi connectivity index (χ3n) is 4.18. The Morgan fingerprint density at radius 3 is 2.73 bits per heavy atom. The number of rotatable bonds is 3. The summed E-state index contributed by atoms with van der Waals surface area (Å²) in [6.45, 7) is 5.54. The van der Waals surface area contributed by atoms with Crippen molar-refractivity contribution in [2.45, 2.75) is 26.3 Å². The number of benzene rings is 1. The van der Waals surface area contributed by atoms with Gasteiger partial charge < -0.3 is 10.2 Å². The molecular formula is C17H19N5. The highest BCUT2D eigenvalue weighted by atomic mass is 15.3. The van der Waals surface area contributed by atoms with E-state index in [9.17, 15) is 5.26 Å². The van der Waals surface area contributed by atoms with E-state index in [4.69, 9.17) is 0 Å². The van der Waals surface area contributed by atoms with Gasteiger partial charge in [0.15, 0.2) is 5.82 Å². The number of nitriles is 1. The molecule has 0 unspecified atom stereocenters. The van der Waals surface area contributed by atoms with Crippen molar-refractivity contribution in [2.75, 3.05) is 23.3 Å². The second-order valence-corrected chi connectivity index (χ2v) is 5.66. The minimum absolute atomic E-state index is 0.359. The monoisotopic (exact) mass is 293 g/mol. The fraction of sp³-hybridized carbons (Fsp3) is 0.353. The number of aryl methyl sites for hydroxylation is 1. The Labute approximate surface area is 130 Å². The van der Waals surface area contributed by atoms with Crippen molar-refractivity contribution in [3.05, 3.63) is 47.2 Å². The van der Waals surface area contributed by atoms with Crippen molar-refractivity contribution in [3.8, 4) is 6.07 Å². The molecule has 1 aromatic carbocycles. The summed E-state index contributed by atoms with van der Waals surface area (Å²) in [7, 11) is 0. The fourth-order valence-electron chi connectivity index (χ4n) is 2.79. The van der Waals surface area contributed by atoms with Gasteiger partial charge in [0.2, 0.25) is 0 Å². The van der Waals surface area contributed by atoms with Crippen LogP contribution in [0.2, 0.25) is 0 Å². The number of hydrogen-bond donors (Lipinski definition) is 1. The van der Waals surface area contributed by atoms with Gasteiger partial charge in [0.05, 0.1) is 5.69 Å². The Morgan fingerprint density at radius 2 is 2.00 bits per heavy atom. The summed E-state index contributed by atoms with van der Waals surface area (Å²) < 4.78 is 0. The Balaban J connectivity index is 1.76. The molecule has 22 heavy (non-hydrogen) atoms. The van der Waals surface area contributed by atoms with Gasteiger partial charge in [-0.1, -0.05) is 18.2 Å². The van der Waals surface area contributed by atoms with Gasteiger partial charge in [0, 0.05) is 24.8 Å². The van der Waals surface area contributed by atoms with Crippen molar-refractivity contribution >= 4 is 11.5 Å². The molecule has 0 bridgehead atoms. The first kappa shape index (κ1) is 14.3. The highest BCUT2D eigenvalue weighted by molar-refractivity contribution is 5.58. The van der Waals surface area contributed by atoms with Gasteiger partial charge >= 0.3 is 0 Å². The molecule has 2 heterocycles. The van der Waals surface area contributed by atoms with E-state index in [1.807, 2.05) is 32.0 Å². The lowest BCUT2D eigenvalue weighted by molar-refractivity contribution is 0.803. The molecule has 0 amide bonds. The molecule has 5 nitrogen and oxygen atoms in total. The molecule has 2 aromatic rings. The maximum Gasteiger partial charge on any atom is 0.169 e. The third-order valence-corrected chi connectivity index (χ3v) is 4.18. The summed E-state index contributed by atoms with van der Waals surface area (Å²) >= 11 is 0. The number of nitrogens with zero attached hydrogens (tertiary/aromatic N) is 4. The first-order valence-corrected chi connectivity index (χ1v) is 7.49. The standard InChI is InChI=1S/C17H19N5/c1-12-13(2)20-21-17(16(12)10-18)22-9-8-15(11-22)19-14-6-4-3-5-7-14/h3-7,15,19H,8-9,11H2,1-2H3/t15-/m0/s1. The third kappa shape index (κ3) is 2.73. The molecule has 5 heteroatoms. The van der Waals surface area contributed by atoms with Crippen LogP contribution in [0.3, 0.4) is 0 Å². The first-order chi connectivity index (χ1) is 10.7. The molecule has 1 aliphatic rings. The van der Waals surface area contributed by atoms with Crippen molar-refractivity contribution in [1.29, 1.82) is 5.26 Å². The summed E-state index contributed by atoms with van der Waals surface area (Å²) in [5.74, 6) is 0.711. The van der Waals surface area contributed by atoms with Gasteiger partial charge in [0.1, 0.15) is 11.6 Å². The first-order valence-electron chi connectivity index (χ1n) is 7.49. The van der Waals surface area contributed by atoms with Crippen molar-refractivity contribution < 1.29 is 0 Å². The van der Waals surface area contributed by atoms with E-state index >= 15 is 0 Å². The summed E-state index contributed by atoms with van der Waals surface area (Å²) in [5, 5.41) is 21.4. The lowest BCUT2D eigenvalue weighted by atomic mass is 10.1. The van der Waals surface area contributed by atoms with E-state index in [1.165, 1.54) is 0 Å². The predicted octanol–water partition coefficient (Wildman–Crippen LogP) is 2.66. The molecule has 112 valence electrons. The van der Waals surface area contributed by atoms with Gasteiger partial charge in [-0.2, -0.15) is 10.4 Å². The van der Waals surface area contributed by atoms with Crippen LogP contribution in [-0.4, -0.2) is 29.3 Å². The molecule has 0 radical (unpaired) electrons. The number of hydrogen-bond acceptors (Lipinski definition) is 5. The highest BCUT2D eigenvalue weighted by Crippen LogP contribution is 2.25. The zero-order valence-corrected chi connectivity index (χ0v) is 12.9. The quantitative estimate of drug-likeness (QED) is 0.942. The van der Waals surface area contributed by atoms with Crippen LogP contribution < -0.4 is 10.2 Å². The van der Waals surface area contributed by atoms with Crippen LogP contribution >= 0.6 is 0 Å². The number of aromatic nitrogens is 2. The molecule has 0 aliphatic carbocycles.